The van der Waals surface area contributed by atoms with E-state index < -0.39 is 23.7 Å². The van der Waals surface area contributed by atoms with Gasteiger partial charge in [0.25, 0.3) is 6.08 Å². The molecule has 5 nitrogen and oxygen atoms in total. The third-order valence-electron chi connectivity index (χ3n) is 3.99. The Balaban J connectivity index is 1.89. The van der Waals surface area contributed by atoms with Crippen molar-refractivity contribution in [3.8, 4) is 0 Å². The Hall–Kier alpha value is -2.47. The van der Waals surface area contributed by atoms with Gasteiger partial charge < -0.3 is 9.47 Å². The van der Waals surface area contributed by atoms with Gasteiger partial charge in [-0.05, 0) is 18.6 Å². The molecular formula is C17H17FN2O3. The zero-order chi connectivity index (χ0) is 16.4. The zero-order valence-corrected chi connectivity index (χ0v) is 12.7. The molecule has 23 heavy (non-hydrogen) atoms. The maximum absolute atomic E-state index is 14.1. The van der Waals surface area contributed by atoms with Crippen LogP contribution in [0.5, 0.6) is 0 Å². The van der Waals surface area contributed by atoms with Gasteiger partial charge in [-0.3, -0.25) is 4.57 Å². The number of halogens is 1. The summed E-state index contributed by atoms with van der Waals surface area (Å²) in [6, 6.07) is 8.93. The number of rotatable bonds is 5. The molecule has 0 N–H and O–H groups in total. The van der Waals surface area contributed by atoms with Crippen molar-refractivity contribution in [3.63, 3.8) is 0 Å². The Morgan fingerprint density at radius 2 is 2.17 bits per heavy atom. The van der Waals surface area contributed by atoms with E-state index in [-0.39, 0.29) is 18.9 Å². The van der Waals surface area contributed by atoms with Gasteiger partial charge in [-0.2, -0.15) is 4.39 Å². The number of imidazole rings is 1. The number of carbonyl (C=O) groups is 1. The maximum Gasteiger partial charge on any atom is 0.357 e. The van der Waals surface area contributed by atoms with Gasteiger partial charge >= 0.3 is 5.97 Å². The second-order valence-corrected chi connectivity index (χ2v) is 5.52. The molecule has 0 spiro atoms. The van der Waals surface area contributed by atoms with Gasteiger partial charge in [0.05, 0.1) is 25.5 Å². The highest BCUT2D eigenvalue weighted by molar-refractivity contribution is 5.88. The first-order chi connectivity index (χ1) is 11.1. The topological polar surface area (TPSA) is 53.3 Å². The summed E-state index contributed by atoms with van der Waals surface area (Å²) in [6.07, 6.45) is 1.99. The molecule has 0 bridgehead atoms. The Labute approximate surface area is 133 Å². The number of esters is 1. The average molecular weight is 316 g/mol. The van der Waals surface area contributed by atoms with Crippen LogP contribution in [0.4, 0.5) is 4.39 Å². The van der Waals surface area contributed by atoms with Gasteiger partial charge in [0.1, 0.15) is 5.69 Å². The van der Waals surface area contributed by atoms with E-state index in [9.17, 15) is 9.18 Å². The largest absolute Gasteiger partial charge is 0.445 e. The van der Waals surface area contributed by atoms with Gasteiger partial charge in [0, 0.05) is 0 Å². The molecule has 2 aromatic rings. The van der Waals surface area contributed by atoms with Crippen LogP contribution in [0, 0.1) is 6.08 Å². The Morgan fingerprint density at radius 1 is 1.48 bits per heavy atom. The molecule has 120 valence electrons. The number of hydrogen-bond acceptors (Lipinski definition) is 4. The number of nitrogens with zero attached hydrogens (tertiary/aromatic N) is 2. The molecule has 0 saturated carbocycles. The van der Waals surface area contributed by atoms with E-state index in [1.807, 2.05) is 30.3 Å². The molecule has 1 saturated heterocycles. The fraction of sp³-hybridized carbons (Fsp3) is 0.294. The van der Waals surface area contributed by atoms with Crippen molar-refractivity contribution >= 4 is 5.97 Å². The van der Waals surface area contributed by atoms with E-state index in [1.165, 1.54) is 16.8 Å². The van der Waals surface area contributed by atoms with Crippen molar-refractivity contribution in [2.24, 2.45) is 0 Å². The first-order valence-corrected chi connectivity index (χ1v) is 7.29. The van der Waals surface area contributed by atoms with Crippen LogP contribution in [0.3, 0.4) is 0 Å². The molecule has 3 rings (SSSR count). The average Bonchev–Trinajstić information content (AvgIpc) is 2.92. The van der Waals surface area contributed by atoms with Gasteiger partial charge in [-0.25, -0.2) is 9.78 Å². The minimum absolute atomic E-state index is 0.0620. The molecular weight excluding hydrogens is 299 g/mol. The minimum Gasteiger partial charge on any atom is -0.445 e. The number of benzene rings is 1. The van der Waals surface area contributed by atoms with Gasteiger partial charge in [-0.15, -0.1) is 0 Å². The van der Waals surface area contributed by atoms with Crippen LogP contribution in [0.15, 0.2) is 49.2 Å². The van der Waals surface area contributed by atoms with Crippen LogP contribution in [-0.4, -0.2) is 34.3 Å². The van der Waals surface area contributed by atoms with Crippen LogP contribution in [0.1, 0.15) is 29.0 Å². The summed E-state index contributed by atoms with van der Waals surface area (Å²) in [7, 11) is 0. The normalized spacial score (nSPS) is 17.1. The number of hydrogen-bond donors (Lipinski definition) is 0. The molecule has 2 heterocycles. The molecule has 1 aliphatic heterocycles. The third-order valence-corrected chi connectivity index (χ3v) is 3.99. The van der Waals surface area contributed by atoms with Crippen LogP contribution in [0.25, 0.3) is 0 Å². The summed E-state index contributed by atoms with van der Waals surface area (Å²) >= 11 is 0. The summed E-state index contributed by atoms with van der Waals surface area (Å²) in [5.74, 6) is -0.646. The van der Waals surface area contributed by atoms with E-state index in [0.717, 1.165) is 5.56 Å². The number of ether oxygens (including phenoxy) is 2. The van der Waals surface area contributed by atoms with Crippen LogP contribution in [0.2, 0.25) is 0 Å². The quantitative estimate of drug-likeness (QED) is 0.629. The van der Waals surface area contributed by atoms with Crippen molar-refractivity contribution < 1.29 is 18.7 Å². The minimum atomic E-state index is -0.835. The van der Waals surface area contributed by atoms with Crippen molar-refractivity contribution in [2.45, 2.75) is 18.6 Å². The summed E-state index contributed by atoms with van der Waals surface area (Å²) in [6.45, 7) is 5.97. The first kappa shape index (κ1) is 15.4. The molecule has 0 radical (unpaired) electrons. The van der Waals surface area contributed by atoms with Crippen molar-refractivity contribution in [1.82, 2.24) is 9.55 Å². The third kappa shape index (κ3) is 2.77. The number of aromatic nitrogens is 2. The fourth-order valence-corrected chi connectivity index (χ4v) is 2.50. The van der Waals surface area contributed by atoms with Crippen LogP contribution in [-0.2, 0) is 9.47 Å². The summed E-state index contributed by atoms with van der Waals surface area (Å²) in [5, 5.41) is 0. The van der Waals surface area contributed by atoms with E-state index in [2.05, 4.69) is 11.6 Å². The van der Waals surface area contributed by atoms with E-state index in [0.29, 0.717) is 0 Å². The van der Waals surface area contributed by atoms with E-state index in [4.69, 9.17) is 9.47 Å². The van der Waals surface area contributed by atoms with Gasteiger partial charge in [0.15, 0.2) is 5.60 Å². The van der Waals surface area contributed by atoms with Gasteiger partial charge in [0.2, 0.25) is 0 Å². The van der Waals surface area contributed by atoms with Crippen molar-refractivity contribution in [3.05, 3.63) is 66.5 Å². The second kappa shape index (κ2) is 5.96. The second-order valence-electron chi connectivity index (χ2n) is 5.52. The molecule has 6 heteroatoms. The predicted molar refractivity (Wildman–Crippen MR) is 81.6 cm³/mol. The summed E-state index contributed by atoms with van der Waals surface area (Å²) in [4.78, 5) is 16.1. The lowest BCUT2D eigenvalue weighted by Crippen LogP contribution is -2.51. The lowest BCUT2D eigenvalue weighted by atomic mass is 10.0. The molecule has 0 unspecified atom stereocenters. The Morgan fingerprint density at radius 3 is 2.74 bits per heavy atom. The summed E-state index contributed by atoms with van der Waals surface area (Å²) < 4.78 is 25.9. The van der Waals surface area contributed by atoms with Crippen LogP contribution < -0.4 is 0 Å². The molecule has 1 fully saturated rings. The van der Waals surface area contributed by atoms with Gasteiger partial charge in [-0.1, -0.05) is 36.9 Å². The Kier molecular flexibility index (Phi) is 4.00. The molecule has 1 aromatic carbocycles. The lowest BCUT2D eigenvalue weighted by Gasteiger charge is -2.37. The molecule has 1 aromatic heterocycles. The molecule has 1 atom stereocenters. The maximum atomic E-state index is 14.1. The first-order valence-electron chi connectivity index (χ1n) is 7.29. The SMILES string of the molecule is C=CC1(OC(=O)c2cnc(F)n2[C@H](C)c2ccccc2)COC1. The van der Waals surface area contributed by atoms with Crippen LogP contribution >= 0.6 is 0 Å². The smallest absolute Gasteiger partial charge is 0.357 e. The van der Waals surface area contributed by atoms with Crippen molar-refractivity contribution in [1.29, 1.82) is 0 Å². The Bertz CT molecular complexity index is 723. The standard InChI is InChI=1S/C17H17FN2O3/c1-3-17(10-22-11-17)23-15(21)14-9-19-16(18)20(14)12(2)13-7-5-4-6-8-13/h3-9,12H,1,10-11H2,2H3/t12-/m1/s1. The molecule has 0 amide bonds. The monoisotopic (exact) mass is 316 g/mol. The van der Waals surface area contributed by atoms with E-state index >= 15 is 0 Å². The lowest BCUT2D eigenvalue weighted by molar-refractivity contribution is -0.152. The highest BCUT2D eigenvalue weighted by atomic mass is 19.1. The van der Waals surface area contributed by atoms with E-state index in [1.54, 1.807) is 6.92 Å². The predicted octanol–water partition coefficient (Wildman–Crippen LogP) is 2.74. The molecule has 0 aliphatic carbocycles. The molecule has 1 aliphatic rings. The number of carbonyl (C=O) groups excluding carboxylic acids is 1. The van der Waals surface area contributed by atoms with Crippen molar-refractivity contribution in [2.75, 3.05) is 13.2 Å². The highest BCUT2D eigenvalue weighted by Gasteiger charge is 2.40. The highest BCUT2D eigenvalue weighted by Crippen LogP contribution is 2.27. The summed E-state index contributed by atoms with van der Waals surface area (Å²) in [5.41, 5.74) is 0.0920. The fourth-order valence-electron chi connectivity index (χ4n) is 2.50. The zero-order valence-electron chi connectivity index (χ0n) is 12.7.